The van der Waals surface area contributed by atoms with E-state index in [-0.39, 0.29) is 0 Å². The molecule has 0 bridgehead atoms. The van der Waals surface area contributed by atoms with Gasteiger partial charge in [0.1, 0.15) is 5.01 Å². The van der Waals surface area contributed by atoms with Gasteiger partial charge >= 0.3 is 0 Å². The summed E-state index contributed by atoms with van der Waals surface area (Å²) in [6, 6.07) is 20.0. The molecule has 2 nitrogen and oxygen atoms in total. The number of benzene rings is 2. The largest absolute Gasteiger partial charge is 0.308 e. The number of hydrogen-bond acceptors (Lipinski definition) is 3. The lowest BCUT2D eigenvalue weighted by Gasteiger charge is -2.03. The van der Waals surface area contributed by atoms with E-state index in [1.54, 1.807) is 11.3 Å². The lowest BCUT2D eigenvalue weighted by molar-refractivity contribution is 0.684. The first kappa shape index (κ1) is 13.7. The molecule has 22 heavy (non-hydrogen) atoms. The lowest BCUT2D eigenvalue weighted by atomic mass is 10.0. The van der Waals surface area contributed by atoms with Gasteiger partial charge in [-0.05, 0) is 29.5 Å². The third kappa shape index (κ3) is 3.11. The van der Waals surface area contributed by atoms with Crippen LogP contribution >= 0.6 is 11.3 Å². The predicted molar refractivity (Wildman–Crippen MR) is 92.8 cm³/mol. The van der Waals surface area contributed by atoms with Crippen molar-refractivity contribution in [1.29, 1.82) is 0 Å². The van der Waals surface area contributed by atoms with E-state index in [0.717, 1.165) is 12.6 Å². The predicted octanol–water partition coefficient (Wildman–Crippen LogP) is 4.73. The molecule has 3 heteroatoms. The highest BCUT2D eigenvalue weighted by Crippen LogP contribution is 2.29. The fourth-order valence-electron chi connectivity index (χ4n) is 2.50. The molecular weight excluding hydrogens is 288 g/mol. The molecule has 0 amide bonds. The second-order valence-electron chi connectivity index (χ2n) is 5.72. The molecule has 3 aromatic rings. The Morgan fingerprint density at radius 1 is 0.909 bits per heavy atom. The Morgan fingerprint density at radius 3 is 2.32 bits per heavy atom. The van der Waals surface area contributed by atoms with E-state index in [0.29, 0.717) is 0 Å². The van der Waals surface area contributed by atoms with E-state index in [4.69, 9.17) is 0 Å². The number of rotatable bonds is 5. The number of thiazole rings is 1. The topological polar surface area (TPSA) is 24.9 Å². The van der Waals surface area contributed by atoms with Gasteiger partial charge in [-0.3, -0.25) is 0 Å². The normalized spacial score (nSPS) is 14.2. The quantitative estimate of drug-likeness (QED) is 0.737. The van der Waals surface area contributed by atoms with Crippen LogP contribution in [-0.2, 0) is 6.54 Å². The zero-order chi connectivity index (χ0) is 14.8. The van der Waals surface area contributed by atoms with Gasteiger partial charge < -0.3 is 5.32 Å². The minimum atomic E-state index is 0.734. The van der Waals surface area contributed by atoms with Crippen LogP contribution in [0.3, 0.4) is 0 Å². The average Bonchev–Trinajstić information content (AvgIpc) is 3.30. The summed E-state index contributed by atoms with van der Waals surface area (Å²) in [5.41, 5.74) is 3.76. The molecule has 0 aliphatic heterocycles. The average molecular weight is 306 g/mol. The fraction of sp³-hybridized carbons (Fsp3) is 0.211. The van der Waals surface area contributed by atoms with Gasteiger partial charge in [-0.15, -0.1) is 11.3 Å². The maximum Gasteiger partial charge on any atom is 0.107 e. The van der Waals surface area contributed by atoms with Crippen LogP contribution in [0.4, 0.5) is 0 Å². The molecule has 2 aromatic carbocycles. The van der Waals surface area contributed by atoms with Gasteiger partial charge in [0.2, 0.25) is 0 Å². The van der Waals surface area contributed by atoms with Crippen molar-refractivity contribution in [2.45, 2.75) is 25.4 Å². The van der Waals surface area contributed by atoms with Gasteiger partial charge in [0.05, 0.1) is 4.88 Å². The Morgan fingerprint density at radius 2 is 1.59 bits per heavy atom. The molecule has 0 atom stereocenters. The highest BCUT2D eigenvalue weighted by molar-refractivity contribution is 7.15. The summed E-state index contributed by atoms with van der Waals surface area (Å²) in [4.78, 5) is 5.77. The molecule has 0 radical (unpaired) electrons. The Labute approximate surface area is 134 Å². The molecule has 1 fully saturated rings. The molecule has 4 rings (SSSR count). The van der Waals surface area contributed by atoms with Gasteiger partial charge in [0.15, 0.2) is 0 Å². The number of nitrogens with zero attached hydrogens (tertiary/aromatic N) is 1. The summed E-state index contributed by atoms with van der Waals surface area (Å²) < 4.78 is 0. The molecule has 0 spiro atoms. The third-order valence-electron chi connectivity index (χ3n) is 3.95. The summed E-state index contributed by atoms with van der Waals surface area (Å²) in [5.74, 6) is 0. The molecule has 110 valence electrons. The second-order valence-corrected chi connectivity index (χ2v) is 6.83. The van der Waals surface area contributed by atoms with Gasteiger partial charge in [-0.2, -0.15) is 0 Å². The maximum absolute atomic E-state index is 4.53. The van der Waals surface area contributed by atoms with Crippen LogP contribution in [0.25, 0.3) is 21.6 Å². The fourth-order valence-corrected chi connectivity index (χ4v) is 3.38. The van der Waals surface area contributed by atoms with Crippen LogP contribution in [0.1, 0.15) is 17.8 Å². The third-order valence-corrected chi connectivity index (χ3v) is 5.00. The molecule has 0 unspecified atom stereocenters. The van der Waals surface area contributed by atoms with Gasteiger partial charge in [-0.25, -0.2) is 4.98 Å². The zero-order valence-corrected chi connectivity index (χ0v) is 13.1. The van der Waals surface area contributed by atoms with Crippen molar-refractivity contribution in [1.82, 2.24) is 10.3 Å². The molecule has 1 N–H and O–H groups in total. The molecule has 1 aromatic heterocycles. The van der Waals surface area contributed by atoms with Crippen molar-refractivity contribution in [2.75, 3.05) is 0 Å². The number of nitrogens with one attached hydrogen (secondary N) is 1. The van der Waals surface area contributed by atoms with Crippen molar-refractivity contribution in [2.24, 2.45) is 0 Å². The van der Waals surface area contributed by atoms with Crippen molar-refractivity contribution in [3.63, 3.8) is 0 Å². The second kappa shape index (κ2) is 6.03. The zero-order valence-electron chi connectivity index (χ0n) is 12.3. The van der Waals surface area contributed by atoms with E-state index >= 15 is 0 Å². The molecule has 1 saturated carbocycles. The van der Waals surface area contributed by atoms with Crippen molar-refractivity contribution in [3.8, 4) is 21.6 Å². The van der Waals surface area contributed by atoms with E-state index < -0.39 is 0 Å². The van der Waals surface area contributed by atoms with Gasteiger partial charge in [-0.1, -0.05) is 54.6 Å². The standard InChI is InChI=1S/C19H18N2S/c1-2-4-14(5-3-1)15-6-8-16(9-7-15)18-12-21-19(22-18)13-20-17-10-11-17/h1-9,12,17,20H,10-11,13H2. The van der Waals surface area contributed by atoms with E-state index in [9.17, 15) is 0 Å². The first-order valence-electron chi connectivity index (χ1n) is 7.72. The van der Waals surface area contributed by atoms with Crippen LogP contribution < -0.4 is 5.32 Å². The van der Waals surface area contributed by atoms with Crippen LogP contribution in [0, 0.1) is 0 Å². The molecule has 1 aliphatic carbocycles. The minimum Gasteiger partial charge on any atom is -0.308 e. The SMILES string of the molecule is c1ccc(-c2ccc(-c3cnc(CNC4CC4)s3)cc2)cc1. The van der Waals surface area contributed by atoms with Crippen molar-refractivity contribution < 1.29 is 0 Å². The van der Waals surface area contributed by atoms with E-state index in [2.05, 4.69) is 58.8 Å². The van der Waals surface area contributed by atoms with E-state index in [1.165, 1.54) is 39.4 Å². The molecule has 1 aliphatic rings. The molecule has 0 saturated heterocycles. The Kier molecular flexibility index (Phi) is 3.75. The van der Waals surface area contributed by atoms with Gasteiger partial charge in [0, 0.05) is 18.8 Å². The summed E-state index contributed by atoms with van der Waals surface area (Å²) in [6.45, 7) is 0.900. The van der Waals surface area contributed by atoms with Crippen molar-refractivity contribution in [3.05, 3.63) is 65.8 Å². The summed E-state index contributed by atoms with van der Waals surface area (Å²) in [7, 11) is 0. The Balaban J connectivity index is 1.50. The smallest absolute Gasteiger partial charge is 0.107 e. The Bertz CT molecular complexity index is 743. The minimum absolute atomic E-state index is 0.734. The number of aromatic nitrogens is 1. The number of hydrogen-bond donors (Lipinski definition) is 1. The maximum atomic E-state index is 4.53. The lowest BCUT2D eigenvalue weighted by Crippen LogP contribution is -2.14. The monoisotopic (exact) mass is 306 g/mol. The van der Waals surface area contributed by atoms with Crippen LogP contribution in [0.2, 0.25) is 0 Å². The highest BCUT2D eigenvalue weighted by Gasteiger charge is 2.20. The summed E-state index contributed by atoms with van der Waals surface area (Å²) in [6.07, 6.45) is 4.63. The first-order valence-corrected chi connectivity index (χ1v) is 8.54. The van der Waals surface area contributed by atoms with Crippen LogP contribution in [0.15, 0.2) is 60.8 Å². The highest BCUT2D eigenvalue weighted by atomic mass is 32.1. The van der Waals surface area contributed by atoms with Gasteiger partial charge in [0.25, 0.3) is 0 Å². The van der Waals surface area contributed by atoms with Crippen LogP contribution in [0.5, 0.6) is 0 Å². The molecular formula is C19H18N2S. The van der Waals surface area contributed by atoms with Crippen molar-refractivity contribution >= 4 is 11.3 Å². The molecule has 1 heterocycles. The van der Waals surface area contributed by atoms with E-state index in [1.807, 2.05) is 12.3 Å². The summed E-state index contributed by atoms with van der Waals surface area (Å²) in [5, 5.41) is 4.69. The Hall–Kier alpha value is -1.97. The summed E-state index contributed by atoms with van der Waals surface area (Å²) >= 11 is 1.78. The van der Waals surface area contributed by atoms with Crippen LogP contribution in [-0.4, -0.2) is 11.0 Å². The first-order chi connectivity index (χ1) is 10.9.